The van der Waals surface area contributed by atoms with E-state index in [2.05, 4.69) is 10.6 Å². The highest BCUT2D eigenvalue weighted by Crippen LogP contribution is 2.35. The highest BCUT2D eigenvalue weighted by molar-refractivity contribution is 8.00. The molecule has 0 unspecified atom stereocenters. The first-order valence-corrected chi connectivity index (χ1v) is 8.86. The van der Waals surface area contributed by atoms with Crippen molar-refractivity contribution in [1.29, 1.82) is 0 Å². The highest BCUT2D eigenvalue weighted by atomic mass is 32.2. The van der Waals surface area contributed by atoms with E-state index in [4.69, 9.17) is 4.74 Å². The lowest BCUT2D eigenvalue weighted by Crippen LogP contribution is -2.35. The minimum Gasteiger partial charge on any atom is -0.452 e. The van der Waals surface area contributed by atoms with E-state index in [0.717, 1.165) is 17.7 Å². The minimum atomic E-state index is -0.589. The molecule has 0 aliphatic carbocycles. The fourth-order valence-electron chi connectivity index (χ4n) is 2.37. The van der Waals surface area contributed by atoms with Crippen LogP contribution >= 0.6 is 11.8 Å². The SMILES string of the molecule is CCC[C@@H](C)NC(=O)COC(=O)c1ccc2c(c1)NC(=O)[C@@H](C)S2. The van der Waals surface area contributed by atoms with Gasteiger partial charge in [0.15, 0.2) is 6.61 Å². The molecule has 2 N–H and O–H groups in total. The lowest BCUT2D eigenvalue weighted by Gasteiger charge is -2.21. The number of carbonyl (C=O) groups excluding carboxylic acids is 3. The van der Waals surface area contributed by atoms with Gasteiger partial charge in [-0.25, -0.2) is 4.79 Å². The molecule has 1 heterocycles. The summed E-state index contributed by atoms with van der Waals surface area (Å²) in [5.74, 6) is -1.00. The first kappa shape index (κ1) is 18.3. The normalized spacial score (nSPS) is 17.5. The summed E-state index contributed by atoms with van der Waals surface area (Å²) >= 11 is 1.44. The zero-order valence-corrected chi connectivity index (χ0v) is 14.9. The fraction of sp³-hybridized carbons (Fsp3) is 0.471. The van der Waals surface area contributed by atoms with E-state index in [1.807, 2.05) is 20.8 Å². The third kappa shape index (κ3) is 4.74. The number of ether oxygens (including phenoxy) is 1. The van der Waals surface area contributed by atoms with Gasteiger partial charge in [-0.15, -0.1) is 11.8 Å². The molecule has 1 aromatic rings. The van der Waals surface area contributed by atoms with Crippen LogP contribution in [-0.4, -0.2) is 35.7 Å². The van der Waals surface area contributed by atoms with Crippen molar-refractivity contribution in [3.8, 4) is 0 Å². The molecule has 0 saturated carbocycles. The van der Waals surface area contributed by atoms with Gasteiger partial charge in [0.05, 0.1) is 16.5 Å². The molecule has 0 bridgehead atoms. The van der Waals surface area contributed by atoms with Gasteiger partial charge in [0, 0.05) is 10.9 Å². The molecule has 0 spiro atoms. The molecule has 1 aromatic carbocycles. The van der Waals surface area contributed by atoms with E-state index in [-0.39, 0.29) is 29.7 Å². The van der Waals surface area contributed by atoms with Gasteiger partial charge in [-0.3, -0.25) is 9.59 Å². The van der Waals surface area contributed by atoms with E-state index in [9.17, 15) is 14.4 Å². The van der Waals surface area contributed by atoms with Crippen LogP contribution in [0, 0.1) is 0 Å². The van der Waals surface area contributed by atoms with Crippen LogP contribution in [0.3, 0.4) is 0 Å². The zero-order chi connectivity index (χ0) is 17.7. The number of hydrogen-bond acceptors (Lipinski definition) is 5. The van der Waals surface area contributed by atoms with E-state index in [0.29, 0.717) is 11.3 Å². The number of fused-ring (bicyclic) bond motifs is 1. The van der Waals surface area contributed by atoms with E-state index >= 15 is 0 Å². The van der Waals surface area contributed by atoms with Gasteiger partial charge in [0.25, 0.3) is 5.91 Å². The Morgan fingerprint density at radius 3 is 2.88 bits per heavy atom. The van der Waals surface area contributed by atoms with Crippen molar-refractivity contribution in [3.63, 3.8) is 0 Å². The topological polar surface area (TPSA) is 84.5 Å². The van der Waals surface area contributed by atoms with Crippen molar-refractivity contribution in [2.45, 2.75) is 49.8 Å². The van der Waals surface area contributed by atoms with Gasteiger partial charge < -0.3 is 15.4 Å². The average molecular weight is 350 g/mol. The number of benzene rings is 1. The molecule has 2 amide bonds. The Morgan fingerprint density at radius 2 is 2.17 bits per heavy atom. The number of carbonyl (C=O) groups is 3. The Balaban J connectivity index is 1.92. The summed E-state index contributed by atoms with van der Waals surface area (Å²) in [5, 5.41) is 5.37. The summed E-state index contributed by atoms with van der Waals surface area (Å²) in [6.07, 6.45) is 1.85. The van der Waals surface area contributed by atoms with Gasteiger partial charge >= 0.3 is 5.97 Å². The smallest absolute Gasteiger partial charge is 0.338 e. The molecule has 0 radical (unpaired) electrons. The number of thioether (sulfide) groups is 1. The molecule has 0 saturated heterocycles. The van der Waals surface area contributed by atoms with Crippen molar-refractivity contribution in [2.75, 3.05) is 11.9 Å². The molecule has 130 valence electrons. The van der Waals surface area contributed by atoms with Gasteiger partial charge in [-0.1, -0.05) is 13.3 Å². The van der Waals surface area contributed by atoms with Gasteiger partial charge in [0.2, 0.25) is 5.91 Å². The second-order valence-electron chi connectivity index (χ2n) is 5.79. The van der Waals surface area contributed by atoms with Crippen LogP contribution in [0.1, 0.15) is 44.0 Å². The van der Waals surface area contributed by atoms with Crippen molar-refractivity contribution in [2.24, 2.45) is 0 Å². The third-order valence-corrected chi connectivity index (χ3v) is 4.79. The molecule has 0 aromatic heterocycles. The molecule has 1 aliphatic rings. The lowest BCUT2D eigenvalue weighted by molar-refractivity contribution is -0.124. The third-order valence-electron chi connectivity index (χ3n) is 3.61. The molecular weight excluding hydrogens is 328 g/mol. The molecule has 7 heteroatoms. The van der Waals surface area contributed by atoms with E-state index in [1.54, 1.807) is 18.2 Å². The van der Waals surface area contributed by atoms with E-state index < -0.39 is 5.97 Å². The van der Waals surface area contributed by atoms with Gasteiger partial charge in [0.1, 0.15) is 0 Å². The Hall–Kier alpha value is -2.02. The average Bonchev–Trinajstić information content (AvgIpc) is 2.53. The zero-order valence-electron chi connectivity index (χ0n) is 14.0. The predicted molar refractivity (Wildman–Crippen MR) is 93.2 cm³/mol. The summed E-state index contributed by atoms with van der Waals surface area (Å²) in [7, 11) is 0. The van der Waals surface area contributed by atoms with Gasteiger partial charge in [-0.2, -0.15) is 0 Å². The van der Waals surface area contributed by atoms with Crippen LogP contribution < -0.4 is 10.6 Å². The Morgan fingerprint density at radius 1 is 1.42 bits per heavy atom. The Bertz CT molecular complexity index is 647. The second kappa shape index (κ2) is 8.19. The molecule has 1 aliphatic heterocycles. The highest BCUT2D eigenvalue weighted by Gasteiger charge is 2.24. The van der Waals surface area contributed by atoms with Crippen LogP contribution in [0.4, 0.5) is 5.69 Å². The molecule has 6 nitrogen and oxygen atoms in total. The van der Waals surface area contributed by atoms with Crippen molar-refractivity contribution in [3.05, 3.63) is 23.8 Å². The van der Waals surface area contributed by atoms with Crippen LogP contribution in [-0.2, 0) is 14.3 Å². The summed E-state index contributed by atoms with van der Waals surface area (Å²) in [4.78, 5) is 36.4. The molecule has 24 heavy (non-hydrogen) atoms. The maximum atomic E-state index is 12.1. The number of rotatable bonds is 6. The van der Waals surface area contributed by atoms with Gasteiger partial charge in [-0.05, 0) is 38.5 Å². The first-order valence-electron chi connectivity index (χ1n) is 7.98. The lowest BCUT2D eigenvalue weighted by atomic mass is 10.2. The number of esters is 1. The number of anilines is 1. The van der Waals surface area contributed by atoms with Crippen LogP contribution in [0.2, 0.25) is 0 Å². The Kier molecular flexibility index (Phi) is 6.25. The maximum Gasteiger partial charge on any atom is 0.338 e. The fourth-order valence-corrected chi connectivity index (χ4v) is 3.30. The Labute approximate surface area is 145 Å². The molecule has 2 rings (SSSR count). The number of nitrogens with one attached hydrogen (secondary N) is 2. The molecular formula is C17H22N2O4S. The standard InChI is InChI=1S/C17H22N2O4S/c1-4-5-10(2)18-15(20)9-23-17(22)12-6-7-14-13(8-12)19-16(21)11(3)24-14/h6-8,10-11H,4-5,9H2,1-3H3,(H,18,20)(H,19,21)/t10-,11-/m1/s1. The summed E-state index contributed by atoms with van der Waals surface area (Å²) in [6, 6.07) is 5.04. The monoisotopic (exact) mass is 350 g/mol. The summed E-state index contributed by atoms with van der Waals surface area (Å²) < 4.78 is 5.04. The first-order chi connectivity index (χ1) is 11.4. The van der Waals surface area contributed by atoms with Crippen LogP contribution in [0.15, 0.2) is 23.1 Å². The van der Waals surface area contributed by atoms with Crippen LogP contribution in [0.5, 0.6) is 0 Å². The largest absolute Gasteiger partial charge is 0.452 e. The number of hydrogen-bond donors (Lipinski definition) is 2. The second-order valence-corrected chi connectivity index (χ2v) is 7.18. The molecule has 0 fully saturated rings. The minimum absolute atomic E-state index is 0.0548. The predicted octanol–water partition coefficient (Wildman–Crippen LogP) is 2.58. The van der Waals surface area contributed by atoms with Crippen molar-refractivity contribution in [1.82, 2.24) is 5.32 Å². The summed E-state index contributed by atoms with van der Waals surface area (Å²) in [5.41, 5.74) is 0.900. The van der Waals surface area contributed by atoms with Crippen molar-refractivity contribution >= 4 is 35.2 Å². The van der Waals surface area contributed by atoms with Crippen molar-refractivity contribution < 1.29 is 19.1 Å². The quantitative estimate of drug-likeness (QED) is 0.770. The van der Waals surface area contributed by atoms with E-state index in [1.165, 1.54) is 11.8 Å². The number of amides is 2. The molecule has 2 atom stereocenters. The summed E-state index contributed by atoms with van der Waals surface area (Å²) in [6.45, 7) is 5.45. The van der Waals surface area contributed by atoms with Crippen LogP contribution in [0.25, 0.3) is 0 Å². The maximum absolute atomic E-state index is 12.1.